The maximum Gasteiger partial charge on any atom is 0.251 e. The number of carbonyl (C=O) groups excluding carboxylic acids is 1. The second kappa shape index (κ2) is 6.82. The topological polar surface area (TPSA) is 94.2 Å². The first-order valence-electron chi connectivity index (χ1n) is 5.45. The van der Waals surface area contributed by atoms with Gasteiger partial charge >= 0.3 is 0 Å². The highest BCUT2D eigenvalue weighted by Gasteiger charge is 2.04. The zero-order valence-corrected chi connectivity index (χ0v) is 9.69. The summed E-state index contributed by atoms with van der Waals surface area (Å²) in [5.41, 5.74) is 0.0363. The number of aliphatic hydroxyl groups is 1. The number of H-pyrrole nitrogens is 1. The minimum absolute atomic E-state index is 0.282. The van der Waals surface area contributed by atoms with Crippen LogP contribution in [0.25, 0.3) is 0 Å². The van der Waals surface area contributed by atoms with Gasteiger partial charge in [0.2, 0.25) is 5.56 Å². The van der Waals surface area contributed by atoms with Crippen molar-refractivity contribution in [1.29, 1.82) is 0 Å². The first kappa shape index (κ1) is 13.4. The molecule has 1 aromatic heterocycles. The summed E-state index contributed by atoms with van der Waals surface area (Å²) in [4.78, 5) is 25.0. The van der Waals surface area contributed by atoms with Crippen molar-refractivity contribution < 1.29 is 9.90 Å². The molecule has 0 aromatic carbocycles. The molecular weight excluding hydrogens is 222 g/mol. The van der Waals surface area contributed by atoms with Crippen molar-refractivity contribution in [3.05, 3.63) is 34.2 Å². The molecule has 0 fully saturated rings. The zero-order chi connectivity index (χ0) is 12.7. The van der Waals surface area contributed by atoms with Gasteiger partial charge in [0.1, 0.15) is 0 Å². The second-order valence-corrected chi connectivity index (χ2v) is 3.75. The Balaban J connectivity index is 2.28. The number of amides is 1. The molecule has 1 unspecified atom stereocenters. The van der Waals surface area contributed by atoms with Crippen LogP contribution >= 0.6 is 0 Å². The minimum Gasteiger partial charge on any atom is -0.392 e. The Morgan fingerprint density at radius 1 is 1.53 bits per heavy atom. The largest absolute Gasteiger partial charge is 0.392 e. The molecule has 6 nitrogen and oxygen atoms in total. The van der Waals surface area contributed by atoms with Crippen LogP contribution in [0.3, 0.4) is 0 Å². The average molecular weight is 239 g/mol. The van der Waals surface area contributed by atoms with E-state index in [9.17, 15) is 9.59 Å². The molecule has 1 amide bonds. The normalized spacial score (nSPS) is 12.1. The maximum atomic E-state index is 11.6. The Morgan fingerprint density at radius 2 is 2.29 bits per heavy atom. The summed E-state index contributed by atoms with van der Waals surface area (Å²) in [5, 5.41) is 14.6. The molecule has 0 bridgehead atoms. The number of hydrogen-bond donors (Lipinski definition) is 4. The maximum absolute atomic E-state index is 11.6. The van der Waals surface area contributed by atoms with Crippen molar-refractivity contribution in [2.24, 2.45) is 0 Å². The smallest absolute Gasteiger partial charge is 0.251 e. The lowest BCUT2D eigenvalue weighted by Crippen LogP contribution is -2.34. The lowest BCUT2D eigenvalue weighted by Gasteiger charge is -2.07. The molecule has 6 heteroatoms. The van der Waals surface area contributed by atoms with Crippen molar-refractivity contribution in [3.8, 4) is 0 Å². The molecule has 0 aliphatic carbocycles. The molecule has 1 rings (SSSR count). The van der Waals surface area contributed by atoms with E-state index in [1.165, 1.54) is 12.3 Å². The van der Waals surface area contributed by atoms with Crippen LogP contribution in [0, 0.1) is 0 Å². The van der Waals surface area contributed by atoms with Crippen molar-refractivity contribution in [2.75, 3.05) is 19.6 Å². The molecule has 1 aromatic rings. The van der Waals surface area contributed by atoms with Crippen LogP contribution in [-0.2, 0) is 0 Å². The fourth-order valence-corrected chi connectivity index (χ4v) is 1.26. The fraction of sp³-hybridized carbons (Fsp3) is 0.455. The van der Waals surface area contributed by atoms with Crippen molar-refractivity contribution >= 4 is 5.91 Å². The number of hydrogen-bond acceptors (Lipinski definition) is 4. The molecule has 0 radical (unpaired) electrons. The third kappa shape index (κ3) is 5.28. The van der Waals surface area contributed by atoms with Crippen LogP contribution in [0.5, 0.6) is 0 Å². The van der Waals surface area contributed by atoms with Gasteiger partial charge in [-0.05, 0) is 13.0 Å². The Morgan fingerprint density at radius 3 is 2.94 bits per heavy atom. The van der Waals surface area contributed by atoms with Gasteiger partial charge in [-0.3, -0.25) is 9.59 Å². The van der Waals surface area contributed by atoms with E-state index in [4.69, 9.17) is 5.11 Å². The van der Waals surface area contributed by atoms with Crippen LogP contribution in [0.1, 0.15) is 17.3 Å². The van der Waals surface area contributed by atoms with Gasteiger partial charge in [-0.15, -0.1) is 0 Å². The van der Waals surface area contributed by atoms with Crippen molar-refractivity contribution in [2.45, 2.75) is 13.0 Å². The number of pyridine rings is 1. The number of aromatic amines is 1. The zero-order valence-electron chi connectivity index (χ0n) is 9.69. The third-order valence-electron chi connectivity index (χ3n) is 2.06. The van der Waals surface area contributed by atoms with Gasteiger partial charge in [0.05, 0.1) is 6.10 Å². The number of aliphatic hydroxyl groups excluding tert-OH is 1. The lowest BCUT2D eigenvalue weighted by molar-refractivity contribution is 0.0953. The summed E-state index contributed by atoms with van der Waals surface area (Å²) in [6.45, 7) is 3.18. The van der Waals surface area contributed by atoms with Crippen LogP contribution in [0.15, 0.2) is 23.1 Å². The lowest BCUT2D eigenvalue weighted by atomic mass is 10.2. The van der Waals surface area contributed by atoms with Crippen LogP contribution in [0.2, 0.25) is 0 Å². The molecule has 0 saturated carbocycles. The van der Waals surface area contributed by atoms with E-state index in [1.54, 1.807) is 13.0 Å². The monoisotopic (exact) mass is 239 g/mol. The summed E-state index contributed by atoms with van der Waals surface area (Å²) in [6.07, 6.45) is 1.03. The molecule has 94 valence electrons. The van der Waals surface area contributed by atoms with Crippen LogP contribution in [-0.4, -0.2) is 41.7 Å². The first-order valence-corrected chi connectivity index (χ1v) is 5.45. The predicted molar refractivity (Wildman–Crippen MR) is 63.9 cm³/mol. The molecule has 1 heterocycles. The highest BCUT2D eigenvalue weighted by Crippen LogP contribution is 1.91. The molecule has 1 atom stereocenters. The Bertz CT molecular complexity index is 414. The van der Waals surface area contributed by atoms with Gasteiger partial charge in [0, 0.05) is 37.5 Å². The summed E-state index contributed by atoms with van der Waals surface area (Å²) < 4.78 is 0. The third-order valence-corrected chi connectivity index (χ3v) is 2.06. The van der Waals surface area contributed by atoms with Crippen molar-refractivity contribution in [1.82, 2.24) is 15.6 Å². The van der Waals surface area contributed by atoms with Gasteiger partial charge in [-0.1, -0.05) is 0 Å². The Kier molecular flexibility index (Phi) is 5.38. The van der Waals surface area contributed by atoms with E-state index in [0.29, 0.717) is 25.2 Å². The minimum atomic E-state index is -0.404. The highest BCUT2D eigenvalue weighted by molar-refractivity contribution is 5.93. The van der Waals surface area contributed by atoms with E-state index < -0.39 is 6.10 Å². The van der Waals surface area contributed by atoms with E-state index in [2.05, 4.69) is 15.6 Å². The number of aromatic nitrogens is 1. The molecule has 17 heavy (non-hydrogen) atoms. The molecule has 0 spiro atoms. The standard InChI is InChI=1S/C11H17N3O3/c1-8(15)7-12-4-5-14-11(17)9-2-3-13-10(16)6-9/h2-3,6,8,12,15H,4-5,7H2,1H3,(H,13,16)(H,14,17). The van der Waals surface area contributed by atoms with E-state index in [0.717, 1.165) is 0 Å². The van der Waals surface area contributed by atoms with E-state index in [-0.39, 0.29) is 11.5 Å². The number of carbonyl (C=O) groups is 1. The van der Waals surface area contributed by atoms with Crippen molar-refractivity contribution in [3.63, 3.8) is 0 Å². The SMILES string of the molecule is CC(O)CNCCNC(=O)c1cc[nH]c(=O)c1. The van der Waals surface area contributed by atoms with Crippen LogP contribution in [0.4, 0.5) is 0 Å². The fourth-order valence-electron chi connectivity index (χ4n) is 1.26. The van der Waals surface area contributed by atoms with E-state index >= 15 is 0 Å². The molecular formula is C11H17N3O3. The van der Waals surface area contributed by atoms with Gasteiger partial charge in [0.15, 0.2) is 0 Å². The Hall–Kier alpha value is -1.66. The van der Waals surface area contributed by atoms with E-state index in [1.807, 2.05) is 0 Å². The van der Waals surface area contributed by atoms with Gasteiger partial charge in [0.25, 0.3) is 5.91 Å². The Labute approximate surface area is 99.1 Å². The highest BCUT2D eigenvalue weighted by atomic mass is 16.3. The number of nitrogens with one attached hydrogen (secondary N) is 3. The molecule has 0 saturated heterocycles. The summed E-state index contributed by atoms with van der Waals surface area (Å²) >= 11 is 0. The summed E-state index contributed by atoms with van der Waals surface area (Å²) in [7, 11) is 0. The van der Waals surface area contributed by atoms with Gasteiger partial charge < -0.3 is 20.7 Å². The summed E-state index contributed by atoms with van der Waals surface area (Å²) in [6, 6.07) is 2.79. The molecule has 4 N–H and O–H groups in total. The van der Waals surface area contributed by atoms with Gasteiger partial charge in [-0.25, -0.2) is 0 Å². The molecule has 0 aliphatic heterocycles. The molecule has 0 aliphatic rings. The summed E-state index contributed by atoms with van der Waals surface area (Å²) in [5.74, 6) is -0.282. The van der Waals surface area contributed by atoms with Gasteiger partial charge in [-0.2, -0.15) is 0 Å². The predicted octanol–water partition coefficient (Wildman–Crippen LogP) is -0.925. The first-order chi connectivity index (χ1) is 8.09. The van der Waals surface area contributed by atoms with Crippen LogP contribution < -0.4 is 16.2 Å². The second-order valence-electron chi connectivity index (χ2n) is 3.75. The quantitative estimate of drug-likeness (QED) is 0.483. The average Bonchev–Trinajstić information content (AvgIpc) is 2.28. The number of rotatable bonds is 6.